The molecule has 1 saturated heterocycles. The van der Waals surface area contributed by atoms with Gasteiger partial charge in [0.25, 0.3) is 0 Å². The summed E-state index contributed by atoms with van der Waals surface area (Å²) in [6, 6.07) is 0. The quantitative estimate of drug-likeness (QED) is 0.731. The molecule has 1 aliphatic heterocycles. The van der Waals surface area contributed by atoms with Gasteiger partial charge in [-0.1, -0.05) is 31.5 Å². The van der Waals surface area contributed by atoms with E-state index in [2.05, 4.69) is 10.2 Å². The van der Waals surface area contributed by atoms with Gasteiger partial charge in [0, 0.05) is 26.2 Å². The molecule has 0 aromatic heterocycles. The van der Waals surface area contributed by atoms with E-state index in [4.69, 9.17) is 22.7 Å². The first kappa shape index (κ1) is 15.7. The van der Waals surface area contributed by atoms with Crippen molar-refractivity contribution in [3.63, 3.8) is 0 Å². The molecule has 0 unspecified atom stereocenters. The summed E-state index contributed by atoms with van der Waals surface area (Å²) in [6.45, 7) is 4.97. The van der Waals surface area contributed by atoms with E-state index in [0.717, 1.165) is 58.5 Å². The Morgan fingerprint density at radius 3 is 2.50 bits per heavy atom. The molecule has 6 heteroatoms. The van der Waals surface area contributed by atoms with Crippen molar-refractivity contribution in [3.8, 4) is 0 Å². The smallest absolute Gasteiger partial charge is 0.233 e. The van der Waals surface area contributed by atoms with Crippen LogP contribution in [0.15, 0.2) is 0 Å². The van der Waals surface area contributed by atoms with E-state index in [0.29, 0.717) is 11.5 Å². The maximum absolute atomic E-state index is 12.5. The zero-order valence-electron chi connectivity index (χ0n) is 12.0. The molecule has 2 fully saturated rings. The highest BCUT2D eigenvalue weighted by molar-refractivity contribution is 7.80. The van der Waals surface area contributed by atoms with Crippen LogP contribution in [-0.2, 0) is 9.53 Å². The van der Waals surface area contributed by atoms with Crippen LogP contribution in [0.4, 0.5) is 0 Å². The van der Waals surface area contributed by atoms with Crippen molar-refractivity contribution in [1.82, 2.24) is 10.2 Å². The zero-order chi connectivity index (χ0) is 14.4. The number of nitrogens with zero attached hydrogens (tertiary/aromatic N) is 1. The normalized spacial score (nSPS) is 23.2. The van der Waals surface area contributed by atoms with Gasteiger partial charge in [-0.15, -0.1) is 0 Å². The Hall–Kier alpha value is -0.720. The SMILES string of the molecule is NC(=S)C1(C(=O)NCCN2CCOCC2)CCCCC1. The highest BCUT2D eigenvalue weighted by Gasteiger charge is 2.42. The van der Waals surface area contributed by atoms with Crippen LogP contribution in [0.25, 0.3) is 0 Å². The van der Waals surface area contributed by atoms with Crippen LogP contribution >= 0.6 is 12.2 Å². The molecule has 20 heavy (non-hydrogen) atoms. The predicted molar refractivity (Wildman–Crippen MR) is 82.6 cm³/mol. The summed E-state index contributed by atoms with van der Waals surface area (Å²) in [6.07, 6.45) is 4.84. The van der Waals surface area contributed by atoms with Crippen LogP contribution in [-0.4, -0.2) is 55.2 Å². The van der Waals surface area contributed by atoms with Crippen LogP contribution in [0.5, 0.6) is 0 Å². The first-order valence-electron chi connectivity index (χ1n) is 7.53. The molecule has 114 valence electrons. The molecule has 0 atom stereocenters. The summed E-state index contributed by atoms with van der Waals surface area (Å²) in [5, 5.41) is 3.03. The highest BCUT2D eigenvalue weighted by atomic mass is 32.1. The Morgan fingerprint density at radius 2 is 1.90 bits per heavy atom. The van der Waals surface area contributed by atoms with Gasteiger partial charge in [0.2, 0.25) is 5.91 Å². The molecule has 0 aromatic carbocycles. The third-order valence-corrected chi connectivity index (χ3v) is 4.82. The van der Waals surface area contributed by atoms with E-state index in [9.17, 15) is 4.79 Å². The fourth-order valence-corrected chi connectivity index (χ4v) is 3.36. The topological polar surface area (TPSA) is 67.6 Å². The molecule has 1 amide bonds. The largest absolute Gasteiger partial charge is 0.392 e. The van der Waals surface area contributed by atoms with E-state index in [-0.39, 0.29) is 5.91 Å². The van der Waals surface area contributed by atoms with Crippen LogP contribution in [0, 0.1) is 5.41 Å². The maximum atomic E-state index is 12.5. The number of hydrogen-bond acceptors (Lipinski definition) is 4. The second-order valence-corrected chi connectivity index (χ2v) is 6.16. The third-order valence-electron chi connectivity index (χ3n) is 4.43. The Labute approximate surface area is 126 Å². The van der Waals surface area contributed by atoms with Crippen molar-refractivity contribution in [3.05, 3.63) is 0 Å². The van der Waals surface area contributed by atoms with E-state index < -0.39 is 5.41 Å². The number of carbonyl (C=O) groups excluding carboxylic acids is 1. The number of hydrogen-bond donors (Lipinski definition) is 2. The average molecular weight is 299 g/mol. The first-order chi connectivity index (χ1) is 9.65. The summed E-state index contributed by atoms with van der Waals surface area (Å²) in [7, 11) is 0. The second kappa shape index (κ2) is 7.33. The van der Waals surface area contributed by atoms with Crippen molar-refractivity contribution in [2.45, 2.75) is 32.1 Å². The summed E-state index contributed by atoms with van der Waals surface area (Å²) >= 11 is 5.17. The van der Waals surface area contributed by atoms with Crippen LogP contribution < -0.4 is 11.1 Å². The van der Waals surface area contributed by atoms with Crippen molar-refractivity contribution in [2.75, 3.05) is 39.4 Å². The molecule has 5 nitrogen and oxygen atoms in total. The van der Waals surface area contributed by atoms with Crippen molar-refractivity contribution < 1.29 is 9.53 Å². The minimum Gasteiger partial charge on any atom is -0.392 e. The Balaban J connectivity index is 1.81. The van der Waals surface area contributed by atoms with E-state index in [1.807, 2.05) is 0 Å². The lowest BCUT2D eigenvalue weighted by atomic mass is 9.73. The van der Waals surface area contributed by atoms with Gasteiger partial charge >= 0.3 is 0 Å². The van der Waals surface area contributed by atoms with Gasteiger partial charge in [-0.2, -0.15) is 0 Å². The molecule has 0 aromatic rings. The number of carbonyl (C=O) groups is 1. The summed E-state index contributed by atoms with van der Waals surface area (Å²) in [5.41, 5.74) is 5.26. The van der Waals surface area contributed by atoms with Gasteiger partial charge in [0.05, 0.1) is 23.6 Å². The standard InChI is InChI=1S/C14H25N3O2S/c15-12(20)14(4-2-1-3-5-14)13(18)16-6-7-17-8-10-19-11-9-17/h1-11H2,(H2,15,20)(H,16,18). The molecule has 0 spiro atoms. The van der Waals surface area contributed by atoms with E-state index >= 15 is 0 Å². The van der Waals surface area contributed by atoms with Gasteiger partial charge in [-0.25, -0.2) is 0 Å². The van der Waals surface area contributed by atoms with Gasteiger partial charge in [-0.3, -0.25) is 9.69 Å². The number of nitrogens with two attached hydrogens (primary N) is 1. The highest BCUT2D eigenvalue weighted by Crippen LogP contribution is 2.36. The van der Waals surface area contributed by atoms with Crippen LogP contribution in [0.3, 0.4) is 0 Å². The van der Waals surface area contributed by atoms with E-state index in [1.165, 1.54) is 6.42 Å². The number of morpholine rings is 1. The first-order valence-corrected chi connectivity index (χ1v) is 7.94. The molecule has 0 bridgehead atoms. The molecule has 0 radical (unpaired) electrons. The van der Waals surface area contributed by atoms with Crippen LogP contribution in [0.1, 0.15) is 32.1 Å². The molecule has 2 aliphatic rings. The molecule has 1 saturated carbocycles. The van der Waals surface area contributed by atoms with Gasteiger partial charge in [-0.05, 0) is 12.8 Å². The molecule has 1 heterocycles. The molecular formula is C14H25N3O2S. The fraction of sp³-hybridized carbons (Fsp3) is 0.857. The maximum Gasteiger partial charge on any atom is 0.233 e. The van der Waals surface area contributed by atoms with Crippen molar-refractivity contribution >= 4 is 23.1 Å². The van der Waals surface area contributed by atoms with Crippen LogP contribution in [0.2, 0.25) is 0 Å². The molecule has 1 aliphatic carbocycles. The average Bonchev–Trinajstić information content (AvgIpc) is 2.48. The van der Waals surface area contributed by atoms with E-state index in [1.54, 1.807) is 0 Å². The monoisotopic (exact) mass is 299 g/mol. The molecule has 2 rings (SSSR count). The minimum absolute atomic E-state index is 0.0259. The summed E-state index contributed by atoms with van der Waals surface area (Å²) in [4.78, 5) is 15.1. The van der Waals surface area contributed by atoms with Gasteiger partial charge < -0.3 is 15.8 Å². The Bertz CT molecular complexity index is 350. The number of nitrogens with one attached hydrogen (secondary N) is 1. The number of amides is 1. The lowest BCUT2D eigenvalue weighted by Gasteiger charge is -2.35. The Kier molecular flexibility index (Phi) is 5.74. The fourth-order valence-electron chi connectivity index (χ4n) is 3.06. The third kappa shape index (κ3) is 3.68. The predicted octanol–water partition coefficient (Wildman–Crippen LogP) is 0.671. The van der Waals surface area contributed by atoms with Crippen molar-refractivity contribution in [1.29, 1.82) is 0 Å². The minimum atomic E-state index is -0.599. The number of rotatable bonds is 5. The Morgan fingerprint density at radius 1 is 1.25 bits per heavy atom. The zero-order valence-corrected chi connectivity index (χ0v) is 12.8. The number of ether oxygens (including phenoxy) is 1. The second-order valence-electron chi connectivity index (χ2n) is 5.72. The van der Waals surface area contributed by atoms with Gasteiger partial charge in [0.1, 0.15) is 0 Å². The molecular weight excluding hydrogens is 274 g/mol. The summed E-state index contributed by atoms with van der Waals surface area (Å²) in [5.74, 6) is 0.0259. The van der Waals surface area contributed by atoms with Gasteiger partial charge in [0.15, 0.2) is 0 Å². The molecule has 3 N–H and O–H groups in total. The lowest BCUT2D eigenvalue weighted by Crippen LogP contribution is -2.51. The number of thiocarbonyl (C=S) groups is 1. The lowest BCUT2D eigenvalue weighted by molar-refractivity contribution is -0.128. The summed E-state index contributed by atoms with van der Waals surface area (Å²) < 4.78 is 5.31. The van der Waals surface area contributed by atoms with Crippen molar-refractivity contribution in [2.24, 2.45) is 11.1 Å².